The van der Waals surface area contributed by atoms with Gasteiger partial charge in [0.15, 0.2) is 0 Å². The normalized spacial score (nSPS) is 17.0. The lowest BCUT2D eigenvalue weighted by molar-refractivity contribution is 0.630. The molecule has 0 N–H and O–H groups in total. The molecule has 230 valence electrons. The minimum atomic E-state index is -0.205. The molecule has 0 unspecified atom stereocenters. The topological polar surface area (TPSA) is 3.24 Å². The van der Waals surface area contributed by atoms with E-state index in [-0.39, 0.29) is 5.41 Å². The molecule has 0 saturated carbocycles. The molecule has 2 bridgehead atoms. The third kappa shape index (κ3) is 5.67. The molecule has 0 spiro atoms. The van der Waals surface area contributed by atoms with Crippen LogP contribution in [0.15, 0.2) is 132 Å². The summed E-state index contributed by atoms with van der Waals surface area (Å²) in [5.41, 5.74) is 18.6. The molecule has 0 saturated heterocycles. The highest BCUT2D eigenvalue weighted by Crippen LogP contribution is 2.45. The van der Waals surface area contributed by atoms with Crippen molar-refractivity contribution in [2.24, 2.45) is 0 Å². The summed E-state index contributed by atoms with van der Waals surface area (Å²) in [6.07, 6.45) is 7.12. The van der Waals surface area contributed by atoms with Gasteiger partial charge in [0.1, 0.15) is 0 Å². The van der Waals surface area contributed by atoms with E-state index in [9.17, 15) is 0 Å². The van der Waals surface area contributed by atoms with Crippen molar-refractivity contribution in [3.8, 4) is 11.1 Å². The molecule has 1 heterocycles. The van der Waals surface area contributed by atoms with Crippen LogP contribution in [0.2, 0.25) is 0 Å². The van der Waals surface area contributed by atoms with Gasteiger partial charge >= 0.3 is 0 Å². The molecular weight excluding hydrogens is 555 g/mol. The van der Waals surface area contributed by atoms with E-state index in [1.807, 2.05) is 0 Å². The lowest BCUT2D eigenvalue weighted by Gasteiger charge is -2.32. The quantitative estimate of drug-likeness (QED) is 0.199. The molecule has 1 aliphatic rings. The lowest BCUT2D eigenvalue weighted by atomic mass is 9.73. The molecule has 0 fully saturated rings. The van der Waals surface area contributed by atoms with Crippen LogP contribution in [0.1, 0.15) is 66.6 Å². The molecule has 0 atom stereocenters. The molecule has 46 heavy (non-hydrogen) atoms. The van der Waals surface area contributed by atoms with Crippen LogP contribution in [0.3, 0.4) is 0 Å². The monoisotopic (exact) mass is 599 g/mol. The Morgan fingerprint density at radius 1 is 0.565 bits per heavy atom. The molecule has 5 aromatic carbocycles. The Balaban J connectivity index is 1.73. The Morgan fingerprint density at radius 3 is 1.91 bits per heavy atom. The summed E-state index contributed by atoms with van der Waals surface area (Å²) in [5.74, 6) is 0. The van der Waals surface area contributed by atoms with Crippen LogP contribution in [-0.2, 0) is 5.41 Å². The second kappa shape index (κ2) is 12.5. The van der Waals surface area contributed by atoms with E-state index in [1.165, 1.54) is 78.2 Å². The summed E-state index contributed by atoms with van der Waals surface area (Å²) >= 11 is 0. The maximum absolute atomic E-state index is 2.45. The van der Waals surface area contributed by atoms with E-state index in [1.54, 1.807) is 0 Å². The van der Waals surface area contributed by atoms with Crippen molar-refractivity contribution >= 4 is 28.7 Å². The molecule has 1 nitrogen and oxygen atoms in total. The summed E-state index contributed by atoms with van der Waals surface area (Å²) in [6.45, 7) is 18.2. The predicted octanol–water partition coefficient (Wildman–Crippen LogP) is 12.8. The maximum atomic E-state index is 2.45. The van der Waals surface area contributed by atoms with Crippen LogP contribution in [0.4, 0.5) is 17.1 Å². The largest absolute Gasteiger partial charge is 0.310 e. The van der Waals surface area contributed by atoms with Gasteiger partial charge in [-0.05, 0) is 133 Å². The van der Waals surface area contributed by atoms with Gasteiger partial charge < -0.3 is 4.90 Å². The third-order valence-corrected chi connectivity index (χ3v) is 9.79. The number of para-hydroxylation sites is 2. The van der Waals surface area contributed by atoms with Gasteiger partial charge in [0.05, 0.1) is 11.4 Å². The second-order valence-corrected chi connectivity index (χ2v) is 13.4. The fraction of sp³-hybridized carbons (Fsp3) is 0.200. The van der Waals surface area contributed by atoms with Gasteiger partial charge in [-0.25, -0.2) is 0 Å². The minimum Gasteiger partial charge on any atom is -0.310 e. The minimum absolute atomic E-state index is 0.205. The average molecular weight is 600 g/mol. The Morgan fingerprint density at radius 2 is 1.20 bits per heavy atom. The van der Waals surface area contributed by atoms with Crippen LogP contribution in [0, 0.1) is 27.7 Å². The number of rotatable bonds is 4. The Hall–Kier alpha value is -4.88. The van der Waals surface area contributed by atoms with Crippen molar-refractivity contribution in [3.63, 3.8) is 0 Å². The van der Waals surface area contributed by atoms with E-state index in [2.05, 4.69) is 188 Å². The lowest BCUT2D eigenvalue weighted by Crippen LogP contribution is -2.22. The molecule has 0 aromatic heterocycles. The molecule has 0 amide bonds. The molecule has 6 rings (SSSR count). The fourth-order valence-electron chi connectivity index (χ4n) is 7.43. The molecule has 5 aromatic rings. The maximum Gasteiger partial charge on any atom is 0.0536 e. The highest BCUT2D eigenvalue weighted by atomic mass is 15.1. The zero-order chi connectivity index (χ0) is 32.6. The average Bonchev–Trinajstić information content (AvgIpc) is 3.03. The Kier molecular flexibility index (Phi) is 8.45. The van der Waals surface area contributed by atoms with Crippen LogP contribution in [0.5, 0.6) is 0 Å². The van der Waals surface area contributed by atoms with Crippen molar-refractivity contribution in [1.82, 2.24) is 0 Å². The van der Waals surface area contributed by atoms with Crippen molar-refractivity contribution < 1.29 is 0 Å². The fourth-order valence-corrected chi connectivity index (χ4v) is 7.43. The van der Waals surface area contributed by atoms with E-state index >= 15 is 0 Å². The number of nitrogens with zero attached hydrogens (tertiary/aromatic N) is 1. The van der Waals surface area contributed by atoms with Crippen LogP contribution in [0.25, 0.3) is 22.8 Å². The molecular formula is C45H45N. The van der Waals surface area contributed by atoms with E-state index < -0.39 is 0 Å². The Labute approximate surface area is 276 Å². The van der Waals surface area contributed by atoms with Gasteiger partial charge in [0.2, 0.25) is 0 Å². The standard InChI is InChI=1S/C45H45N/c1-30-17-12-14-23-40(30)45(7,8)41-26-25-36-28-37(44-31(2)18-16-19-32(44)3)29-43(35(36)6)46(38-20-10-9-11-21-38)42-24-15-13-22-39(42)33(4)27-34(41)5/h9-29H,1-8H3/b26-25+,33-27+,41-34+. The molecule has 1 heteroatoms. The van der Waals surface area contributed by atoms with Gasteiger partial charge in [-0.3, -0.25) is 0 Å². The highest BCUT2D eigenvalue weighted by Gasteiger charge is 2.28. The van der Waals surface area contributed by atoms with Gasteiger partial charge in [0.25, 0.3) is 0 Å². The van der Waals surface area contributed by atoms with Crippen LogP contribution >= 0.6 is 0 Å². The van der Waals surface area contributed by atoms with E-state index in [0.29, 0.717) is 0 Å². The van der Waals surface area contributed by atoms with Gasteiger partial charge in [-0.1, -0.05) is 111 Å². The number of fused-ring (bicyclic) bond motifs is 3. The first kappa shape index (κ1) is 31.1. The zero-order valence-corrected chi connectivity index (χ0v) is 28.6. The van der Waals surface area contributed by atoms with Gasteiger partial charge in [-0.15, -0.1) is 0 Å². The van der Waals surface area contributed by atoms with Crippen LogP contribution in [-0.4, -0.2) is 0 Å². The number of hydrogen-bond donors (Lipinski definition) is 0. The zero-order valence-electron chi connectivity index (χ0n) is 28.6. The first-order chi connectivity index (χ1) is 22.1. The summed E-state index contributed by atoms with van der Waals surface area (Å²) < 4.78 is 0. The summed E-state index contributed by atoms with van der Waals surface area (Å²) in [6, 6.07) is 39.9. The van der Waals surface area contributed by atoms with Gasteiger partial charge in [-0.2, -0.15) is 0 Å². The van der Waals surface area contributed by atoms with Crippen molar-refractivity contribution in [2.75, 3.05) is 4.90 Å². The molecule has 1 aliphatic heterocycles. The van der Waals surface area contributed by atoms with E-state index in [4.69, 9.17) is 0 Å². The molecule has 0 radical (unpaired) electrons. The first-order valence-electron chi connectivity index (χ1n) is 16.4. The SMILES string of the molecule is C\C1=C/C(C)=C(C(C)(C)c2ccccc2C)\C=C\c2cc(-c3c(C)cccc3C)cc(c2C)N(c2ccccc2)c2ccccc21. The summed E-state index contributed by atoms with van der Waals surface area (Å²) in [7, 11) is 0. The second-order valence-electron chi connectivity index (χ2n) is 13.4. The third-order valence-electron chi connectivity index (χ3n) is 9.79. The smallest absolute Gasteiger partial charge is 0.0536 e. The van der Waals surface area contributed by atoms with Gasteiger partial charge in [0, 0.05) is 16.7 Å². The first-order valence-corrected chi connectivity index (χ1v) is 16.4. The Bertz CT molecular complexity index is 2000. The summed E-state index contributed by atoms with van der Waals surface area (Å²) in [5, 5.41) is 0. The number of hydrogen-bond acceptors (Lipinski definition) is 1. The highest BCUT2D eigenvalue weighted by molar-refractivity contribution is 5.90. The predicted molar refractivity (Wildman–Crippen MR) is 200 cm³/mol. The number of anilines is 3. The molecule has 0 aliphatic carbocycles. The van der Waals surface area contributed by atoms with Crippen molar-refractivity contribution in [2.45, 2.75) is 60.8 Å². The summed E-state index contributed by atoms with van der Waals surface area (Å²) in [4.78, 5) is 2.45. The van der Waals surface area contributed by atoms with Crippen LogP contribution < -0.4 is 4.90 Å². The number of benzene rings is 5. The van der Waals surface area contributed by atoms with Crippen molar-refractivity contribution in [3.05, 3.63) is 171 Å². The number of allylic oxidation sites excluding steroid dienone is 5. The van der Waals surface area contributed by atoms with Crippen molar-refractivity contribution in [1.29, 1.82) is 0 Å². The van der Waals surface area contributed by atoms with E-state index in [0.717, 1.165) is 5.69 Å². The number of aryl methyl sites for hydroxylation is 3.